The predicted octanol–water partition coefficient (Wildman–Crippen LogP) is 3.03. The minimum absolute atomic E-state index is 0.0246. The number of aromatic nitrogens is 1. The fraction of sp³-hybridized carbons (Fsp3) is 0.105. The molecule has 3 aromatic rings. The molecule has 3 rings (SSSR count). The molecular formula is C19H14ClFN2O4. The van der Waals surface area contributed by atoms with Gasteiger partial charge in [0.2, 0.25) is 5.56 Å². The molecule has 6 nitrogen and oxygen atoms in total. The van der Waals surface area contributed by atoms with Crippen LogP contribution in [0.15, 0.2) is 53.3 Å². The van der Waals surface area contributed by atoms with Crippen LogP contribution >= 0.6 is 11.6 Å². The Bertz CT molecular complexity index is 1100. The fourth-order valence-corrected chi connectivity index (χ4v) is 2.92. The van der Waals surface area contributed by atoms with Crippen molar-refractivity contribution in [1.29, 1.82) is 0 Å². The number of pyridine rings is 1. The second-order valence-corrected chi connectivity index (χ2v) is 6.12. The first-order valence-corrected chi connectivity index (χ1v) is 8.24. The first-order valence-electron chi connectivity index (χ1n) is 7.86. The summed E-state index contributed by atoms with van der Waals surface area (Å²) in [6.45, 7) is -0.155. The third-order valence-electron chi connectivity index (χ3n) is 3.97. The molecule has 138 valence electrons. The third kappa shape index (κ3) is 3.83. The zero-order valence-corrected chi connectivity index (χ0v) is 14.9. The molecule has 0 bridgehead atoms. The lowest BCUT2D eigenvalue weighted by molar-refractivity contribution is -0.151. The van der Waals surface area contributed by atoms with E-state index in [1.165, 1.54) is 24.3 Å². The summed E-state index contributed by atoms with van der Waals surface area (Å²) in [5.41, 5.74) is 0.198. The number of fused-ring (bicyclic) bond motifs is 1. The van der Waals surface area contributed by atoms with Crippen LogP contribution in [0.5, 0.6) is 0 Å². The SMILES string of the molecule is COC(=O)C(=O)N(Cc1cc(=O)[nH]c2c(F)cccc12)c1cccc(Cl)c1. The molecule has 0 aliphatic rings. The normalized spacial score (nSPS) is 10.6. The van der Waals surface area contributed by atoms with Crippen molar-refractivity contribution in [3.8, 4) is 0 Å². The zero-order valence-electron chi connectivity index (χ0n) is 14.2. The van der Waals surface area contributed by atoms with Crippen molar-refractivity contribution in [3.63, 3.8) is 0 Å². The van der Waals surface area contributed by atoms with Crippen molar-refractivity contribution in [2.24, 2.45) is 0 Å². The van der Waals surface area contributed by atoms with Gasteiger partial charge >= 0.3 is 11.9 Å². The van der Waals surface area contributed by atoms with Gasteiger partial charge in [-0.15, -0.1) is 0 Å². The molecule has 0 fully saturated rings. The number of hydrogen-bond donors (Lipinski definition) is 1. The molecular weight excluding hydrogens is 375 g/mol. The number of nitrogens with zero attached hydrogens (tertiary/aromatic N) is 1. The van der Waals surface area contributed by atoms with E-state index in [4.69, 9.17) is 11.6 Å². The summed E-state index contributed by atoms with van der Waals surface area (Å²) < 4.78 is 18.6. The molecule has 1 heterocycles. The first kappa shape index (κ1) is 18.6. The molecule has 1 amide bonds. The van der Waals surface area contributed by atoms with Gasteiger partial charge in [-0.3, -0.25) is 14.5 Å². The standard InChI is InChI=1S/C19H14ClFN2O4/c1-27-19(26)18(25)23(13-5-2-4-12(20)9-13)10-11-8-16(24)22-17-14(11)6-3-7-15(17)21/h2-9H,10H2,1H3,(H,22,24). The molecule has 0 radical (unpaired) electrons. The van der Waals surface area contributed by atoms with E-state index in [0.717, 1.165) is 12.0 Å². The molecule has 0 aliphatic heterocycles. The largest absolute Gasteiger partial charge is 0.462 e. The number of aromatic amines is 1. The number of ether oxygens (including phenoxy) is 1. The Morgan fingerprint density at radius 2 is 1.93 bits per heavy atom. The molecule has 2 aromatic carbocycles. The molecule has 0 unspecified atom stereocenters. The van der Waals surface area contributed by atoms with Crippen LogP contribution in [0.4, 0.5) is 10.1 Å². The Hall–Kier alpha value is -3.19. The molecule has 0 spiro atoms. The van der Waals surface area contributed by atoms with Crippen LogP contribution < -0.4 is 10.5 Å². The van der Waals surface area contributed by atoms with Crippen LogP contribution in [-0.4, -0.2) is 24.0 Å². The van der Waals surface area contributed by atoms with Crippen molar-refractivity contribution in [1.82, 2.24) is 4.98 Å². The number of nitrogens with one attached hydrogen (secondary N) is 1. The maximum Gasteiger partial charge on any atom is 0.397 e. The predicted molar refractivity (Wildman–Crippen MR) is 99.2 cm³/mol. The van der Waals surface area contributed by atoms with Crippen LogP contribution in [-0.2, 0) is 20.9 Å². The van der Waals surface area contributed by atoms with Gasteiger partial charge < -0.3 is 9.72 Å². The van der Waals surface area contributed by atoms with Crippen molar-refractivity contribution in [2.45, 2.75) is 6.54 Å². The van der Waals surface area contributed by atoms with Crippen LogP contribution in [0.2, 0.25) is 5.02 Å². The van der Waals surface area contributed by atoms with E-state index in [-0.39, 0.29) is 12.1 Å². The molecule has 0 atom stereocenters. The quantitative estimate of drug-likeness (QED) is 0.552. The number of hydrogen-bond acceptors (Lipinski definition) is 4. The maximum absolute atomic E-state index is 14.1. The van der Waals surface area contributed by atoms with Gasteiger partial charge in [0.1, 0.15) is 5.82 Å². The van der Waals surface area contributed by atoms with Gasteiger partial charge in [-0.05, 0) is 29.8 Å². The minimum atomic E-state index is -1.07. The molecule has 27 heavy (non-hydrogen) atoms. The number of carbonyl (C=O) groups is 2. The summed E-state index contributed by atoms with van der Waals surface area (Å²) in [7, 11) is 1.09. The first-order chi connectivity index (χ1) is 12.9. The lowest BCUT2D eigenvalue weighted by Gasteiger charge is -2.22. The van der Waals surface area contributed by atoms with E-state index in [2.05, 4.69) is 9.72 Å². The van der Waals surface area contributed by atoms with E-state index in [9.17, 15) is 18.8 Å². The highest BCUT2D eigenvalue weighted by atomic mass is 35.5. The van der Waals surface area contributed by atoms with Gasteiger partial charge in [0.05, 0.1) is 19.2 Å². The van der Waals surface area contributed by atoms with Crippen LogP contribution in [0.25, 0.3) is 10.9 Å². The number of methoxy groups -OCH3 is 1. The Morgan fingerprint density at radius 3 is 2.63 bits per heavy atom. The Labute approximate surface area is 158 Å². The summed E-state index contributed by atoms with van der Waals surface area (Å²) in [4.78, 5) is 39.8. The topological polar surface area (TPSA) is 79.5 Å². The van der Waals surface area contributed by atoms with E-state index in [0.29, 0.717) is 21.7 Å². The van der Waals surface area contributed by atoms with Gasteiger partial charge in [0.25, 0.3) is 0 Å². The smallest absolute Gasteiger partial charge is 0.397 e. The molecule has 0 saturated heterocycles. The molecule has 1 aromatic heterocycles. The number of carbonyl (C=O) groups excluding carboxylic acids is 2. The highest BCUT2D eigenvalue weighted by Crippen LogP contribution is 2.25. The average Bonchev–Trinajstić information content (AvgIpc) is 2.65. The monoisotopic (exact) mass is 388 g/mol. The second-order valence-electron chi connectivity index (χ2n) is 5.68. The fourth-order valence-electron chi connectivity index (χ4n) is 2.74. The number of halogens is 2. The summed E-state index contributed by atoms with van der Waals surface area (Å²) >= 11 is 5.99. The van der Waals surface area contributed by atoms with Crippen molar-refractivity contribution in [2.75, 3.05) is 12.0 Å². The number of para-hydroxylation sites is 1. The number of H-pyrrole nitrogens is 1. The van der Waals surface area contributed by atoms with Crippen molar-refractivity contribution >= 4 is 40.1 Å². The van der Waals surface area contributed by atoms with Crippen molar-refractivity contribution < 1.29 is 18.7 Å². The van der Waals surface area contributed by atoms with Crippen LogP contribution in [0.3, 0.4) is 0 Å². The lowest BCUT2D eigenvalue weighted by atomic mass is 10.1. The summed E-state index contributed by atoms with van der Waals surface area (Å²) in [5.74, 6) is -2.61. The average molecular weight is 389 g/mol. The van der Waals surface area contributed by atoms with E-state index < -0.39 is 23.3 Å². The van der Waals surface area contributed by atoms with Crippen LogP contribution in [0.1, 0.15) is 5.56 Å². The maximum atomic E-state index is 14.1. The van der Waals surface area contributed by atoms with E-state index >= 15 is 0 Å². The molecule has 0 saturated carbocycles. The number of benzene rings is 2. The summed E-state index contributed by atoms with van der Waals surface area (Å²) in [6, 6.07) is 11.9. The van der Waals surface area contributed by atoms with Gasteiger partial charge in [-0.2, -0.15) is 0 Å². The minimum Gasteiger partial charge on any atom is -0.462 e. The number of rotatable bonds is 3. The Kier molecular flexibility index (Phi) is 5.23. The molecule has 8 heteroatoms. The molecule has 0 aliphatic carbocycles. The van der Waals surface area contributed by atoms with E-state index in [1.807, 2.05) is 0 Å². The summed E-state index contributed by atoms with van der Waals surface area (Å²) in [5, 5.41) is 0.774. The summed E-state index contributed by atoms with van der Waals surface area (Å²) in [6.07, 6.45) is 0. The van der Waals surface area contributed by atoms with Crippen molar-refractivity contribution in [3.05, 3.63) is 75.3 Å². The number of amides is 1. The van der Waals surface area contributed by atoms with Gasteiger partial charge in [-0.25, -0.2) is 9.18 Å². The van der Waals surface area contributed by atoms with Gasteiger partial charge in [0, 0.05) is 22.2 Å². The Morgan fingerprint density at radius 1 is 1.19 bits per heavy atom. The van der Waals surface area contributed by atoms with E-state index in [1.54, 1.807) is 24.3 Å². The lowest BCUT2D eigenvalue weighted by Crippen LogP contribution is -2.37. The third-order valence-corrected chi connectivity index (χ3v) is 4.20. The second kappa shape index (κ2) is 7.59. The molecule has 1 N–H and O–H groups in total. The van der Waals surface area contributed by atoms with Gasteiger partial charge in [-0.1, -0.05) is 29.8 Å². The Balaban J connectivity index is 2.14. The highest BCUT2D eigenvalue weighted by molar-refractivity contribution is 6.38. The highest BCUT2D eigenvalue weighted by Gasteiger charge is 2.25. The number of anilines is 1. The number of esters is 1. The van der Waals surface area contributed by atoms with Crippen LogP contribution in [0, 0.1) is 5.82 Å². The zero-order chi connectivity index (χ0) is 19.6. The van der Waals surface area contributed by atoms with Gasteiger partial charge in [0.15, 0.2) is 0 Å².